The van der Waals surface area contributed by atoms with E-state index in [0.717, 1.165) is 5.56 Å². The van der Waals surface area contributed by atoms with Gasteiger partial charge in [-0.2, -0.15) is 0 Å². The number of hydrogen-bond donors (Lipinski definition) is 1. The number of benzene rings is 1. The predicted octanol–water partition coefficient (Wildman–Crippen LogP) is 2.29. The van der Waals surface area contributed by atoms with E-state index in [4.69, 9.17) is 5.73 Å². The molecule has 0 amide bonds. The molecule has 1 aromatic carbocycles. The lowest BCUT2D eigenvalue weighted by atomic mass is 9.99. The molecule has 0 spiro atoms. The van der Waals surface area contributed by atoms with Crippen LogP contribution in [0.2, 0.25) is 0 Å². The zero-order chi connectivity index (χ0) is 8.97. The van der Waals surface area contributed by atoms with Crippen LogP contribution >= 0.6 is 0 Å². The molecule has 0 saturated carbocycles. The van der Waals surface area contributed by atoms with Crippen molar-refractivity contribution in [3.8, 4) is 0 Å². The Morgan fingerprint density at radius 1 is 1.33 bits per heavy atom. The Morgan fingerprint density at radius 2 is 1.92 bits per heavy atom. The van der Waals surface area contributed by atoms with Crippen molar-refractivity contribution < 1.29 is 4.39 Å². The highest BCUT2D eigenvalue weighted by molar-refractivity contribution is 5.17. The molecule has 2 atom stereocenters. The summed E-state index contributed by atoms with van der Waals surface area (Å²) in [6.07, 6.45) is -0.934. The van der Waals surface area contributed by atoms with Crippen LogP contribution in [0.5, 0.6) is 0 Å². The van der Waals surface area contributed by atoms with Crippen LogP contribution in [0.4, 0.5) is 4.39 Å². The zero-order valence-corrected chi connectivity index (χ0v) is 7.20. The molecule has 0 fully saturated rings. The summed E-state index contributed by atoms with van der Waals surface area (Å²) in [4.78, 5) is 0. The van der Waals surface area contributed by atoms with Crippen LogP contribution in [0.3, 0.4) is 0 Å². The molecule has 12 heavy (non-hydrogen) atoms. The number of alkyl halides is 1. The molecule has 1 nitrogen and oxygen atoms in total. The van der Waals surface area contributed by atoms with Crippen LogP contribution < -0.4 is 5.73 Å². The first-order valence-corrected chi connectivity index (χ1v) is 4.14. The van der Waals surface area contributed by atoms with Gasteiger partial charge in [0.05, 0.1) is 0 Å². The Bertz CT molecular complexity index is 223. The second kappa shape index (κ2) is 4.21. The van der Waals surface area contributed by atoms with Crippen LogP contribution in [0, 0.1) is 5.92 Å². The molecule has 2 heteroatoms. The average Bonchev–Trinajstić information content (AvgIpc) is 2.17. The molecule has 0 aliphatic rings. The SMILES string of the molecule is CC(CN)C(F)c1ccccc1. The summed E-state index contributed by atoms with van der Waals surface area (Å²) in [5, 5.41) is 0. The van der Waals surface area contributed by atoms with Gasteiger partial charge >= 0.3 is 0 Å². The van der Waals surface area contributed by atoms with Gasteiger partial charge in [0.1, 0.15) is 6.17 Å². The highest BCUT2D eigenvalue weighted by atomic mass is 19.1. The van der Waals surface area contributed by atoms with Gasteiger partial charge in [-0.05, 0) is 12.1 Å². The minimum Gasteiger partial charge on any atom is -0.330 e. The number of hydrogen-bond acceptors (Lipinski definition) is 1. The molecule has 0 saturated heterocycles. The summed E-state index contributed by atoms with van der Waals surface area (Å²) < 4.78 is 13.4. The molecule has 0 heterocycles. The minimum absolute atomic E-state index is 0.104. The standard InChI is InChI=1S/C10H14FN/c1-8(7-12)10(11)9-5-3-2-4-6-9/h2-6,8,10H,7,12H2,1H3. The van der Waals surface area contributed by atoms with Crippen molar-refractivity contribution in [2.24, 2.45) is 11.7 Å². The van der Waals surface area contributed by atoms with E-state index in [2.05, 4.69) is 0 Å². The Hall–Kier alpha value is -0.890. The van der Waals surface area contributed by atoms with E-state index in [1.807, 2.05) is 25.1 Å². The lowest BCUT2D eigenvalue weighted by Crippen LogP contribution is -2.16. The highest BCUT2D eigenvalue weighted by Gasteiger charge is 2.15. The third-order valence-corrected chi connectivity index (χ3v) is 1.99. The largest absolute Gasteiger partial charge is 0.330 e. The maximum atomic E-state index is 13.4. The fourth-order valence-corrected chi connectivity index (χ4v) is 1.08. The second-order valence-corrected chi connectivity index (χ2v) is 3.03. The fourth-order valence-electron chi connectivity index (χ4n) is 1.08. The van der Waals surface area contributed by atoms with Gasteiger partial charge in [-0.1, -0.05) is 37.3 Å². The van der Waals surface area contributed by atoms with Crippen molar-refractivity contribution >= 4 is 0 Å². The summed E-state index contributed by atoms with van der Waals surface area (Å²) >= 11 is 0. The van der Waals surface area contributed by atoms with Crippen molar-refractivity contribution in [2.75, 3.05) is 6.54 Å². The number of nitrogens with two attached hydrogens (primary N) is 1. The highest BCUT2D eigenvalue weighted by Crippen LogP contribution is 2.24. The maximum Gasteiger partial charge on any atom is 0.129 e. The smallest absolute Gasteiger partial charge is 0.129 e. The fraction of sp³-hybridized carbons (Fsp3) is 0.400. The molecular formula is C10H14FN. The van der Waals surface area contributed by atoms with E-state index < -0.39 is 6.17 Å². The van der Waals surface area contributed by atoms with E-state index in [-0.39, 0.29) is 5.92 Å². The predicted molar refractivity (Wildman–Crippen MR) is 48.5 cm³/mol. The van der Waals surface area contributed by atoms with Gasteiger partial charge in [-0.3, -0.25) is 0 Å². The van der Waals surface area contributed by atoms with Crippen LogP contribution in [-0.4, -0.2) is 6.54 Å². The third-order valence-electron chi connectivity index (χ3n) is 1.99. The van der Waals surface area contributed by atoms with Gasteiger partial charge in [0.2, 0.25) is 0 Å². The topological polar surface area (TPSA) is 26.0 Å². The van der Waals surface area contributed by atoms with E-state index in [1.54, 1.807) is 12.1 Å². The van der Waals surface area contributed by atoms with E-state index in [9.17, 15) is 4.39 Å². The van der Waals surface area contributed by atoms with E-state index in [0.29, 0.717) is 6.54 Å². The van der Waals surface area contributed by atoms with Crippen LogP contribution in [0.15, 0.2) is 30.3 Å². The lowest BCUT2D eigenvalue weighted by Gasteiger charge is -2.14. The molecule has 1 rings (SSSR count). The van der Waals surface area contributed by atoms with Gasteiger partial charge in [-0.15, -0.1) is 0 Å². The Balaban J connectivity index is 2.71. The zero-order valence-electron chi connectivity index (χ0n) is 7.20. The lowest BCUT2D eigenvalue weighted by molar-refractivity contribution is 0.252. The molecule has 1 aromatic rings. The first-order valence-electron chi connectivity index (χ1n) is 4.14. The average molecular weight is 167 g/mol. The maximum absolute atomic E-state index is 13.4. The van der Waals surface area contributed by atoms with Crippen LogP contribution in [0.25, 0.3) is 0 Å². The van der Waals surface area contributed by atoms with Crippen molar-refractivity contribution in [1.82, 2.24) is 0 Å². The first-order chi connectivity index (χ1) is 5.75. The monoisotopic (exact) mass is 167 g/mol. The quantitative estimate of drug-likeness (QED) is 0.734. The molecule has 2 N–H and O–H groups in total. The molecule has 0 aromatic heterocycles. The Kier molecular flexibility index (Phi) is 3.23. The Morgan fingerprint density at radius 3 is 2.42 bits per heavy atom. The van der Waals surface area contributed by atoms with Crippen LogP contribution in [-0.2, 0) is 0 Å². The summed E-state index contributed by atoms with van der Waals surface area (Å²) in [6, 6.07) is 9.13. The van der Waals surface area contributed by atoms with Crippen molar-refractivity contribution in [1.29, 1.82) is 0 Å². The summed E-state index contributed by atoms with van der Waals surface area (Å²) in [5.41, 5.74) is 6.09. The number of rotatable bonds is 3. The van der Waals surface area contributed by atoms with Crippen molar-refractivity contribution in [2.45, 2.75) is 13.1 Å². The summed E-state index contributed by atoms with van der Waals surface area (Å²) in [7, 11) is 0. The normalized spacial score (nSPS) is 15.6. The van der Waals surface area contributed by atoms with E-state index in [1.165, 1.54) is 0 Å². The molecular weight excluding hydrogens is 153 g/mol. The summed E-state index contributed by atoms with van der Waals surface area (Å²) in [5.74, 6) is -0.104. The molecule has 0 aliphatic carbocycles. The second-order valence-electron chi connectivity index (χ2n) is 3.03. The molecule has 66 valence electrons. The van der Waals surface area contributed by atoms with Crippen molar-refractivity contribution in [3.63, 3.8) is 0 Å². The van der Waals surface area contributed by atoms with Gasteiger partial charge in [0.25, 0.3) is 0 Å². The first kappa shape index (κ1) is 9.20. The molecule has 0 bridgehead atoms. The summed E-state index contributed by atoms with van der Waals surface area (Å²) in [6.45, 7) is 2.20. The molecule has 0 aliphatic heterocycles. The molecule has 0 radical (unpaired) electrons. The van der Waals surface area contributed by atoms with Gasteiger partial charge in [-0.25, -0.2) is 4.39 Å². The van der Waals surface area contributed by atoms with Gasteiger partial charge in [0.15, 0.2) is 0 Å². The van der Waals surface area contributed by atoms with Gasteiger partial charge in [0, 0.05) is 5.92 Å². The third kappa shape index (κ3) is 2.05. The van der Waals surface area contributed by atoms with Gasteiger partial charge < -0.3 is 5.73 Å². The van der Waals surface area contributed by atoms with E-state index >= 15 is 0 Å². The van der Waals surface area contributed by atoms with Crippen LogP contribution in [0.1, 0.15) is 18.7 Å². The Labute approximate surface area is 72.4 Å². The van der Waals surface area contributed by atoms with Crippen molar-refractivity contribution in [3.05, 3.63) is 35.9 Å². The number of halogens is 1. The minimum atomic E-state index is -0.934. The molecule has 2 unspecified atom stereocenters.